The molecule has 112 valence electrons. The highest BCUT2D eigenvalue weighted by Gasteiger charge is 2.33. The van der Waals surface area contributed by atoms with Crippen molar-refractivity contribution in [1.82, 2.24) is 9.97 Å². The standard InChI is InChI=1S/C12H12F3N5S/c1-20(4-7-5-21-6-18-7)11-8(10(16)17)2-3-9(19-11)12(13,14)15/h2-3,5-6H,4H2,1H3,(H3,16,17). The minimum Gasteiger partial charge on any atom is -0.384 e. The Morgan fingerprint density at radius 1 is 1.43 bits per heavy atom. The molecular formula is C12H12F3N5S. The van der Waals surface area contributed by atoms with Crippen molar-refractivity contribution in [1.29, 1.82) is 5.41 Å². The molecule has 0 aromatic carbocycles. The van der Waals surface area contributed by atoms with E-state index in [9.17, 15) is 13.2 Å². The predicted octanol–water partition coefficient (Wildman–Crippen LogP) is 2.48. The van der Waals surface area contributed by atoms with E-state index in [1.807, 2.05) is 0 Å². The van der Waals surface area contributed by atoms with Crippen molar-refractivity contribution < 1.29 is 13.2 Å². The molecule has 21 heavy (non-hydrogen) atoms. The third kappa shape index (κ3) is 3.48. The highest BCUT2D eigenvalue weighted by Crippen LogP contribution is 2.30. The zero-order chi connectivity index (χ0) is 15.6. The van der Waals surface area contributed by atoms with E-state index in [0.717, 1.165) is 12.1 Å². The Kier molecular flexibility index (Phi) is 4.12. The van der Waals surface area contributed by atoms with Crippen molar-refractivity contribution in [2.24, 2.45) is 5.73 Å². The van der Waals surface area contributed by atoms with Crippen LogP contribution < -0.4 is 10.6 Å². The zero-order valence-electron chi connectivity index (χ0n) is 11.0. The summed E-state index contributed by atoms with van der Waals surface area (Å²) in [6.45, 7) is 0.276. The molecule has 0 aliphatic rings. The molecule has 0 aliphatic carbocycles. The Hall–Kier alpha value is -2.16. The van der Waals surface area contributed by atoms with Crippen LogP contribution in [0, 0.1) is 5.41 Å². The van der Waals surface area contributed by atoms with Crippen molar-refractivity contribution in [3.8, 4) is 0 Å². The number of hydrogen-bond donors (Lipinski definition) is 2. The van der Waals surface area contributed by atoms with Gasteiger partial charge in [-0.1, -0.05) is 0 Å². The van der Waals surface area contributed by atoms with Crippen molar-refractivity contribution in [3.63, 3.8) is 0 Å². The SMILES string of the molecule is CN(Cc1cscn1)c1nc(C(F)(F)F)ccc1C(=N)N. The molecule has 0 amide bonds. The normalized spacial score (nSPS) is 11.4. The van der Waals surface area contributed by atoms with E-state index in [0.29, 0.717) is 5.69 Å². The van der Waals surface area contributed by atoms with Gasteiger partial charge in [-0.25, -0.2) is 9.97 Å². The second-order valence-corrected chi connectivity index (χ2v) is 5.03. The lowest BCUT2D eigenvalue weighted by Gasteiger charge is -2.21. The Balaban J connectivity index is 2.40. The molecule has 2 aromatic rings. The van der Waals surface area contributed by atoms with E-state index in [1.165, 1.54) is 16.2 Å². The average Bonchev–Trinajstić information content (AvgIpc) is 2.89. The molecule has 0 saturated heterocycles. The first kappa shape index (κ1) is 15.2. The number of thiazole rings is 1. The molecule has 0 spiro atoms. The summed E-state index contributed by atoms with van der Waals surface area (Å²) in [6.07, 6.45) is -4.55. The van der Waals surface area contributed by atoms with Gasteiger partial charge in [0, 0.05) is 12.4 Å². The molecule has 2 aromatic heterocycles. The van der Waals surface area contributed by atoms with Crippen LogP contribution in [-0.2, 0) is 12.7 Å². The first-order chi connectivity index (χ1) is 9.79. The zero-order valence-corrected chi connectivity index (χ0v) is 11.8. The largest absolute Gasteiger partial charge is 0.433 e. The third-order valence-corrected chi connectivity index (χ3v) is 3.34. The number of halogens is 3. The maximum Gasteiger partial charge on any atom is 0.433 e. The number of alkyl halides is 3. The first-order valence-electron chi connectivity index (χ1n) is 5.80. The fourth-order valence-electron chi connectivity index (χ4n) is 1.74. The molecule has 0 atom stereocenters. The summed E-state index contributed by atoms with van der Waals surface area (Å²) >= 11 is 1.39. The van der Waals surface area contributed by atoms with Crippen molar-refractivity contribution >= 4 is 23.0 Å². The fourth-order valence-corrected chi connectivity index (χ4v) is 2.29. The van der Waals surface area contributed by atoms with E-state index in [-0.39, 0.29) is 23.8 Å². The number of aromatic nitrogens is 2. The van der Waals surface area contributed by atoms with Crippen molar-refractivity contribution in [3.05, 3.63) is 40.0 Å². The molecule has 2 heterocycles. The van der Waals surface area contributed by atoms with Gasteiger partial charge >= 0.3 is 6.18 Å². The molecule has 5 nitrogen and oxygen atoms in total. The van der Waals surface area contributed by atoms with Gasteiger partial charge in [0.1, 0.15) is 17.3 Å². The number of nitrogens with two attached hydrogens (primary N) is 1. The van der Waals surface area contributed by atoms with E-state index < -0.39 is 11.9 Å². The summed E-state index contributed by atoms with van der Waals surface area (Å²) in [4.78, 5) is 9.16. The van der Waals surface area contributed by atoms with Crippen LogP contribution in [0.5, 0.6) is 0 Å². The number of anilines is 1. The number of hydrogen-bond acceptors (Lipinski definition) is 5. The molecule has 0 radical (unpaired) electrons. The molecule has 2 rings (SSSR count). The number of amidine groups is 1. The van der Waals surface area contributed by atoms with Crippen LogP contribution in [0.25, 0.3) is 0 Å². The fraction of sp³-hybridized carbons (Fsp3) is 0.250. The number of nitrogen functional groups attached to an aromatic ring is 1. The Morgan fingerprint density at radius 2 is 2.14 bits per heavy atom. The summed E-state index contributed by atoms with van der Waals surface area (Å²) in [7, 11) is 1.58. The number of pyridine rings is 1. The Bertz CT molecular complexity index is 639. The number of nitrogens with zero attached hydrogens (tertiary/aromatic N) is 3. The van der Waals surface area contributed by atoms with Gasteiger partial charge < -0.3 is 10.6 Å². The van der Waals surface area contributed by atoms with Gasteiger partial charge in [0.05, 0.1) is 23.3 Å². The monoisotopic (exact) mass is 315 g/mol. The summed E-state index contributed by atoms with van der Waals surface area (Å²) < 4.78 is 38.3. The van der Waals surface area contributed by atoms with Crippen LogP contribution >= 0.6 is 11.3 Å². The lowest BCUT2D eigenvalue weighted by molar-refractivity contribution is -0.141. The molecule has 0 fully saturated rings. The lowest BCUT2D eigenvalue weighted by atomic mass is 10.2. The van der Waals surface area contributed by atoms with Crippen molar-refractivity contribution in [2.75, 3.05) is 11.9 Å². The number of rotatable bonds is 4. The van der Waals surface area contributed by atoms with Gasteiger partial charge in [0.2, 0.25) is 0 Å². The maximum absolute atomic E-state index is 12.8. The minimum atomic E-state index is -4.55. The first-order valence-corrected chi connectivity index (χ1v) is 6.74. The smallest absolute Gasteiger partial charge is 0.384 e. The van der Waals surface area contributed by atoms with E-state index in [4.69, 9.17) is 11.1 Å². The highest BCUT2D eigenvalue weighted by molar-refractivity contribution is 7.07. The van der Waals surface area contributed by atoms with Crippen LogP contribution in [-0.4, -0.2) is 22.9 Å². The van der Waals surface area contributed by atoms with Gasteiger partial charge in [-0.05, 0) is 12.1 Å². The van der Waals surface area contributed by atoms with Gasteiger partial charge in [-0.3, -0.25) is 5.41 Å². The van der Waals surface area contributed by atoms with Gasteiger partial charge in [-0.15, -0.1) is 11.3 Å². The third-order valence-electron chi connectivity index (χ3n) is 2.70. The van der Waals surface area contributed by atoms with E-state index >= 15 is 0 Å². The lowest BCUT2D eigenvalue weighted by Crippen LogP contribution is -2.25. The average molecular weight is 315 g/mol. The molecule has 0 saturated carbocycles. The van der Waals surface area contributed by atoms with Crippen LogP contribution in [0.4, 0.5) is 19.0 Å². The van der Waals surface area contributed by atoms with E-state index in [2.05, 4.69) is 9.97 Å². The molecule has 0 unspecified atom stereocenters. The second kappa shape index (κ2) is 5.68. The van der Waals surface area contributed by atoms with Gasteiger partial charge in [-0.2, -0.15) is 13.2 Å². The Labute approximate surface area is 122 Å². The van der Waals surface area contributed by atoms with Crippen molar-refractivity contribution in [2.45, 2.75) is 12.7 Å². The number of nitrogens with one attached hydrogen (secondary N) is 1. The molecular weight excluding hydrogens is 303 g/mol. The molecule has 9 heteroatoms. The summed E-state index contributed by atoms with van der Waals surface area (Å²) in [5, 5.41) is 9.25. The predicted molar refractivity (Wildman–Crippen MR) is 74.5 cm³/mol. The molecule has 0 bridgehead atoms. The molecule has 3 N–H and O–H groups in total. The van der Waals surface area contributed by atoms with Gasteiger partial charge in [0.15, 0.2) is 0 Å². The minimum absolute atomic E-state index is 0.00493. The topological polar surface area (TPSA) is 78.9 Å². The summed E-state index contributed by atoms with van der Waals surface area (Å²) in [6, 6.07) is 1.97. The summed E-state index contributed by atoms with van der Waals surface area (Å²) in [5.74, 6) is -0.332. The molecule has 0 aliphatic heterocycles. The second-order valence-electron chi connectivity index (χ2n) is 4.31. The van der Waals surface area contributed by atoms with Gasteiger partial charge in [0.25, 0.3) is 0 Å². The Morgan fingerprint density at radius 3 is 2.67 bits per heavy atom. The van der Waals surface area contributed by atoms with Crippen LogP contribution in [0.3, 0.4) is 0 Å². The summed E-state index contributed by atoms with van der Waals surface area (Å²) in [5.41, 5.74) is 6.88. The highest BCUT2D eigenvalue weighted by atomic mass is 32.1. The van der Waals surface area contributed by atoms with Crippen LogP contribution in [0.2, 0.25) is 0 Å². The van der Waals surface area contributed by atoms with Crippen LogP contribution in [0.1, 0.15) is 17.0 Å². The van der Waals surface area contributed by atoms with Crippen LogP contribution in [0.15, 0.2) is 23.0 Å². The van der Waals surface area contributed by atoms with E-state index in [1.54, 1.807) is 17.9 Å². The quantitative estimate of drug-likeness (QED) is 0.671. The maximum atomic E-state index is 12.8.